The summed E-state index contributed by atoms with van der Waals surface area (Å²) in [6.07, 6.45) is -0.0398. The lowest BCUT2D eigenvalue weighted by Gasteiger charge is -2.16. The van der Waals surface area contributed by atoms with E-state index in [1.165, 1.54) is 0 Å². The summed E-state index contributed by atoms with van der Waals surface area (Å²) in [6, 6.07) is 0. The lowest BCUT2D eigenvalue weighted by atomic mass is 10.0. The number of fused-ring (bicyclic) bond motifs is 1. The number of phosphoric ester groups is 1. The van der Waals surface area contributed by atoms with E-state index in [1.807, 2.05) is 0 Å². The number of nitrogen functional groups attached to an aromatic ring is 1. The summed E-state index contributed by atoms with van der Waals surface area (Å²) in [5, 5.41) is 0. The summed E-state index contributed by atoms with van der Waals surface area (Å²) in [4.78, 5) is 24.3. The van der Waals surface area contributed by atoms with Crippen molar-refractivity contribution in [2.24, 2.45) is 5.92 Å². The summed E-state index contributed by atoms with van der Waals surface area (Å²) in [7, 11) is -4.04. The Morgan fingerprint density at radius 3 is 2.95 bits per heavy atom. The molecule has 116 valence electrons. The van der Waals surface area contributed by atoms with Gasteiger partial charge in [-0.25, -0.2) is 13.8 Å². The van der Waals surface area contributed by atoms with Gasteiger partial charge >= 0.3 is 13.5 Å². The summed E-state index contributed by atoms with van der Waals surface area (Å²) in [6.45, 7) is -0.191. The van der Waals surface area contributed by atoms with Gasteiger partial charge in [-0.3, -0.25) is 13.6 Å². The fourth-order valence-electron chi connectivity index (χ4n) is 2.37. The van der Waals surface area contributed by atoms with Gasteiger partial charge in [-0.15, -0.1) is 0 Å². The van der Waals surface area contributed by atoms with Gasteiger partial charge in [0, 0.05) is 12.3 Å². The van der Waals surface area contributed by atoms with Crippen molar-refractivity contribution >= 4 is 13.6 Å². The van der Waals surface area contributed by atoms with Gasteiger partial charge < -0.3 is 15.4 Å². The Balaban J connectivity index is 1.81. The minimum Gasteiger partial charge on any atom is -0.381 e. The highest BCUT2D eigenvalue weighted by atomic mass is 31.2. The molecular weight excluding hydrogens is 308 g/mol. The Morgan fingerprint density at radius 2 is 2.19 bits per heavy atom. The van der Waals surface area contributed by atoms with Crippen LogP contribution in [0.5, 0.6) is 0 Å². The fourth-order valence-corrected chi connectivity index (χ4v) is 3.16. The molecule has 0 spiro atoms. The van der Waals surface area contributed by atoms with E-state index in [0.29, 0.717) is 6.42 Å². The molecule has 1 aromatic rings. The van der Waals surface area contributed by atoms with Crippen LogP contribution >= 0.6 is 7.82 Å². The van der Waals surface area contributed by atoms with Crippen LogP contribution in [0.2, 0.25) is 0 Å². The standard InChI is InChI=1S/C10H13FN3O6P/c11-6-2-14(10(15)13-9(6)12)8-1-5-3-18-21(16,17)19-4-7(5)20-8/h2,5,7-8H,1,3-4H2,(H,16,17)(H2,12,13,15)/t5-,7-,8+/m1/s1. The van der Waals surface area contributed by atoms with E-state index >= 15 is 0 Å². The molecule has 0 aliphatic carbocycles. The molecule has 0 saturated carbocycles. The van der Waals surface area contributed by atoms with Crippen LogP contribution in [-0.4, -0.2) is 33.8 Å². The fraction of sp³-hybridized carbons (Fsp3) is 0.600. The SMILES string of the molecule is Nc1nc(=O)n([C@@H]2C[C@@H]3COP(=O)(O)OC[C@H]3O2)cc1F. The molecule has 3 rings (SSSR count). The van der Waals surface area contributed by atoms with Crippen molar-refractivity contribution in [2.45, 2.75) is 18.8 Å². The van der Waals surface area contributed by atoms with Crippen molar-refractivity contribution in [2.75, 3.05) is 18.9 Å². The molecule has 3 N–H and O–H groups in total. The van der Waals surface area contributed by atoms with Crippen LogP contribution in [0.1, 0.15) is 12.6 Å². The molecule has 0 aromatic carbocycles. The average molecular weight is 321 g/mol. The summed E-state index contributed by atoms with van der Waals surface area (Å²) in [5.74, 6) is -1.54. The van der Waals surface area contributed by atoms with Crippen LogP contribution in [0.4, 0.5) is 10.2 Å². The molecule has 2 saturated heterocycles. The molecule has 2 aliphatic heterocycles. The van der Waals surface area contributed by atoms with Gasteiger partial charge in [-0.1, -0.05) is 0 Å². The Labute approximate surface area is 118 Å². The average Bonchev–Trinajstić information content (AvgIpc) is 2.76. The molecular formula is C10H13FN3O6P. The second-order valence-corrected chi connectivity index (χ2v) is 6.30. The number of aromatic nitrogens is 2. The lowest BCUT2D eigenvalue weighted by molar-refractivity contribution is -0.0264. The number of hydrogen-bond acceptors (Lipinski definition) is 7. The highest BCUT2D eigenvalue weighted by Gasteiger charge is 2.42. The molecule has 1 unspecified atom stereocenters. The first kappa shape index (κ1) is 14.6. The minimum atomic E-state index is -4.04. The van der Waals surface area contributed by atoms with Crippen LogP contribution < -0.4 is 11.4 Å². The number of hydrogen-bond donors (Lipinski definition) is 2. The van der Waals surface area contributed by atoms with E-state index in [1.54, 1.807) is 0 Å². The van der Waals surface area contributed by atoms with Crippen molar-refractivity contribution < 1.29 is 27.6 Å². The second-order valence-electron chi connectivity index (χ2n) is 4.85. The number of rotatable bonds is 1. The van der Waals surface area contributed by atoms with Gasteiger partial charge in [0.25, 0.3) is 0 Å². The van der Waals surface area contributed by atoms with Gasteiger partial charge in [-0.05, 0) is 0 Å². The zero-order valence-electron chi connectivity index (χ0n) is 10.7. The number of anilines is 1. The predicted molar refractivity (Wildman–Crippen MR) is 66.6 cm³/mol. The molecule has 4 atom stereocenters. The highest BCUT2D eigenvalue weighted by molar-refractivity contribution is 7.47. The van der Waals surface area contributed by atoms with Crippen molar-refractivity contribution in [3.63, 3.8) is 0 Å². The minimum absolute atomic E-state index is 0.0470. The van der Waals surface area contributed by atoms with Crippen LogP contribution in [0.3, 0.4) is 0 Å². The largest absolute Gasteiger partial charge is 0.472 e. The molecule has 3 heterocycles. The normalized spacial score (nSPS) is 36.2. The molecule has 11 heteroatoms. The quantitative estimate of drug-likeness (QED) is 0.693. The maximum absolute atomic E-state index is 13.4. The van der Waals surface area contributed by atoms with Gasteiger partial charge in [-0.2, -0.15) is 4.98 Å². The number of ether oxygens (including phenoxy) is 1. The summed E-state index contributed by atoms with van der Waals surface area (Å²) >= 11 is 0. The number of halogens is 1. The summed E-state index contributed by atoms with van der Waals surface area (Å²) < 4.78 is 40.8. The third-order valence-corrected chi connectivity index (χ3v) is 4.41. The first-order chi connectivity index (χ1) is 9.85. The van der Waals surface area contributed by atoms with Crippen LogP contribution in [0.15, 0.2) is 11.0 Å². The van der Waals surface area contributed by atoms with Gasteiger partial charge in [0.05, 0.1) is 25.5 Å². The van der Waals surface area contributed by atoms with Crippen LogP contribution in [0.25, 0.3) is 0 Å². The van der Waals surface area contributed by atoms with E-state index < -0.39 is 37.5 Å². The molecule has 2 fully saturated rings. The molecule has 21 heavy (non-hydrogen) atoms. The van der Waals surface area contributed by atoms with Crippen molar-refractivity contribution in [3.05, 3.63) is 22.5 Å². The van der Waals surface area contributed by atoms with Gasteiger partial charge in [0.2, 0.25) is 0 Å². The first-order valence-electron chi connectivity index (χ1n) is 6.17. The Morgan fingerprint density at radius 1 is 1.48 bits per heavy atom. The topological polar surface area (TPSA) is 126 Å². The molecule has 9 nitrogen and oxygen atoms in total. The van der Waals surface area contributed by atoms with Crippen molar-refractivity contribution in [3.8, 4) is 0 Å². The predicted octanol–water partition coefficient (Wildman–Crippen LogP) is 0.0155. The van der Waals surface area contributed by atoms with Crippen molar-refractivity contribution in [1.29, 1.82) is 0 Å². The highest BCUT2D eigenvalue weighted by Crippen LogP contribution is 2.49. The van der Waals surface area contributed by atoms with E-state index in [0.717, 1.165) is 10.8 Å². The zero-order valence-corrected chi connectivity index (χ0v) is 11.6. The maximum atomic E-state index is 13.4. The molecule has 0 radical (unpaired) electrons. The second kappa shape index (κ2) is 5.15. The number of nitrogens with zero attached hydrogens (tertiary/aromatic N) is 2. The lowest BCUT2D eigenvalue weighted by Crippen LogP contribution is -2.29. The van der Waals surface area contributed by atoms with Gasteiger partial charge in [0.1, 0.15) is 6.23 Å². The molecule has 2 aliphatic rings. The zero-order chi connectivity index (χ0) is 15.2. The van der Waals surface area contributed by atoms with Crippen LogP contribution in [-0.2, 0) is 18.3 Å². The van der Waals surface area contributed by atoms with Crippen LogP contribution in [0, 0.1) is 11.7 Å². The first-order valence-corrected chi connectivity index (χ1v) is 7.67. The molecule has 0 amide bonds. The Bertz CT molecular complexity index is 647. The maximum Gasteiger partial charge on any atom is 0.472 e. The summed E-state index contributed by atoms with van der Waals surface area (Å²) in [5.41, 5.74) is 4.49. The van der Waals surface area contributed by atoms with E-state index in [-0.39, 0.29) is 19.1 Å². The monoisotopic (exact) mass is 321 g/mol. The van der Waals surface area contributed by atoms with E-state index in [9.17, 15) is 18.6 Å². The van der Waals surface area contributed by atoms with Gasteiger partial charge in [0.15, 0.2) is 11.6 Å². The van der Waals surface area contributed by atoms with E-state index in [4.69, 9.17) is 19.5 Å². The number of phosphoric acid groups is 1. The Kier molecular flexibility index (Phi) is 3.58. The third-order valence-electron chi connectivity index (χ3n) is 3.46. The van der Waals surface area contributed by atoms with E-state index in [2.05, 4.69) is 4.98 Å². The molecule has 0 bridgehead atoms. The number of nitrogens with two attached hydrogens (primary N) is 1. The molecule has 1 aromatic heterocycles. The Hall–Kier alpha value is -1.32. The third kappa shape index (κ3) is 2.85. The smallest absolute Gasteiger partial charge is 0.381 e. The van der Waals surface area contributed by atoms with Crippen molar-refractivity contribution in [1.82, 2.24) is 9.55 Å².